The van der Waals surface area contributed by atoms with E-state index in [9.17, 15) is 9.59 Å². The number of rotatable bonds is 1. The van der Waals surface area contributed by atoms with Gasteiger partial charge in [0.1, 0.15) is 5.52 Å². The average molecular weight is 325 g/mol. The van der Waals surface area contributed by atoms with E-state index >= 15 is 0 Å². The maximum Gasteiger partial charge on any atom is 0.196 e. The van der Waals surface area contributed by atoms with Crippen LogP contribution in [0.1, 0.15) is 31.8 Å². The number of hydrogen-bond donors (Lipinski definition) is 0. The van der Waals surface area contributed by atoms with Crippen molar-refractivity contribution < 1.29 is 9.59 Å². The maximum absolute atomic E-state index is 13.0. The standard InChI is InChI=1S/C20H11N3O2/c24-19-13-8-4-5-9-14(13)20(25)17-15(19)10-11-16-18(17)21-22-23(16)12-6-2-1-3-7-12/h1-11H. The van der Waals surface area contributed by atoms with E-state index in [1.54, 1.807) is 41.1 Å². The summed E-state index contributed by atoms with van der Waals surface area (Å²) < 4.78 is 1.67. The van der Waals surface area contributed by atoms with Crippen molar-refractivity contribution in [3.8, 4) is 5.69 Å². The highest BCUT2D eigenvalue weighted by molar-refractivity contribution is 6.31. The number of ketones is 2. The lowest BCUT2D eigenvalue weighted by Gasteiger charge is -2.17. The molecule has 1 aliphatic rings. The smallest absolute Gasteiger partial charge is 0.196 e. The molecule has 1 aromatic heterocycles. The number of aromatic nitrogens is 3. The zero-order valence-corrected chi connectivity index (χ0v) is 13.0. The minimum absolute atomic E-state index is 0.152. The lowest BCUT2D eigenvalue weighted by Crippen LogP contribution is -2.21. The Balaban J connectivity index is 1.81. The van der Waals surface area contributed by atoms with E-state index in [0.29, 0.717) is 33.3 Å². The lowest BCUT2D eigenvalue weighted by molar-refractivity contribution is 0.0980. The monoisotopic (exact) mass is 325 g/mol. The molecule has 0 bridgehead atoms. The first-order valence-corrected chi connectivity index (χ1v) is 7.88. The molecule has 5 heteroatoms. The van der Waals surface area contributed by atoms with Gasteiger partial charge in [-0.25, -0.2) is 4.68 Å². The Labute approximate surface area is 142 Å². The van der Waals surface area contributed by atoms with Crippen molar-refractivity contribution in [2.24, 2.45) is 0 Å². The van der Waals surface area contributed by atoms with Gasteiger partial charge in [0.2, 0.25) is 0 Å². The van der Waals surface area contributed by atoms with E-state index in [-0.39, 0.29) is 11.6 Å². The number of benzene rings is 3. The fourth-order valence-electron chi connectivity index (χ4n) is 3.33. The molecular formula is C20H11N3O2. The van der Waals surface area contributed by atoms with Crippen molar-refractivity contribution in [1.29, 1.82) is 0 Å². The van der Waals surface area contributed by atoms with Crippen LogP contribution in [0.2, 0.25) is 0 Å². The normalized spacial score (nSPS) is 13.0. The average Bonchev–Trinajstić information content (AvgIpc) is 3.10. The zero-order valence-electron chi connectivity index (χ0n) is 13.0. The van der Waals surface area contributed by atoms with Crippen LogP contribution in [0.3, 0.4) is 0 Å². The summed E-state index contributed by atoms with van der Waals surface area (Å²) in [6.07, 6.45) is 0. The van der Waals surface area contributed by atoms with Gasteiger partial charge in [-0.15, -0.1) is 5.10 Å². The summed E-state index contributed by atoms with van der Waals surface area (Å²) in [7, 11) is 0. The summed E-state index contributed by atoms with van der Waals surface area (Å²) in [6.45, 7) is 0. The quantitative estimate of drug-likeness (QED) is 0.475. The van der Waals surface area contributed by atoms with Crippen LogP contribution in [0.15, 0.2) is 66.7 Å². The van der Waals surface area contributed by atoms with Crippen molar-refractivity contribution in [3.05, 3.63) is 89.0 Å². The molecule has 5 nitrogen and oxygen atoms in total. The molecule has 0 spiro atoms. The summed E-state index contributed by atoms with van der Waals surface area (Å²) >= 11 is 0. The molecule has 0 amide bonds. The molecule has 3 aromatic carbocycles. The molecule has 5 rings (SSSR count). The Kier molecular flexibility index (Phi) is 2.73. The Morgan fingerprint density at radius 2 is 1.36 bits per heavy atom. The molecule has 0 saturated heterocycles. The van der Waals surface area contributed by atoms with Gasteiger partial charge in [-0.1, -0.05) is 47.7 Å². The van der Waals surface area contributed by atoms with Crippen LogP contribution >= 0.6 is 0 Å². The van der Waals surface area contributed by atoms with Crippen molar-refractivity contribution in [3.63, 3.8) is 0 Å². The Morgan fingerprint density at radius 1 is 0.680 bits per heavy atom. The molecule has 1 heterocycles. The summed E-state index contributed by atoms with van der Waals surface area (Å²) in [5.74, 6) is -0.336. The molecule has 1 aliphatic carbocycles. The van der Waals surface area contributed by atoms with E-state index in [2.05, 4.69) is 10.3 Å². The van der Waals surface area contributed by atoms with Crippen LogP contribution in [0.25, 0.3) is 16.7 Å². The lowest BCUT2D eigenvalue weighted by atomic mass is 9.83. The Bertz CT molecular complexity index is 1180. The highest BCUT2D eigenvalue weighted by Gasteiger charge is 2.32. The van der Waals surface area contributed by atoms with E-state index < -0.39 is 0 Å². The molecule has 0 atom stereocenters. The second-order valence-electron chi connectivity index (χ2n) is 5.90. The molecule has 118 valence electrons. The van der Waals surface area contributed by atoms with Crippen LogP contribution in [0.4, 0.5) is 0 Å². The van der Waals surface area contributed by atoms with Gasteiger partial charge in [0.05, 0.1) is 16.8 Å². The van der Waals surface area contributed by atoms with Crippen LogP contribution in [-0.2, 0) is 0 Å². The number of hydrogen-bond acceptors (Lipinski definition) is 4. The van der Waals surface area contributed by atoms with E-state index in [1.807, 2.05) is 30.3 Å². The van der Waals surface area contributed by atoms with Gasteiger partial charge >= 0.3 is 0 Å². The highest BCUT2D eigenvalue weighted by atomic mass is 16.1. The van der Waals surface area contributed by atoms with Crippen molar-refractivity contribution in [1.82, 2.24) is 15.0 Å². The number of nitrogens with zero attached hydrogens (tertiary/aromatic N) is 3. The van der Waals surface area contributed by atoms with Crippen LogP contribution in [0.5, 0.6) is 0 Å². The second-order valence-corrected chi connectivity index (χ2v) is 5.90. The topological polar surface area (TPSA) is 64.8 Å². The molecule has 25 heavy (non-hydrogen) atoms. The molecule has 0 radical (unpaired) electrons. The minimum Gasteiger partial charge on any atom is -0.289 e. The molecule has 0 N–H and O–H groups in total. The number of fused-ring (bicyclic) bond motifs is 4. The Morgan fingerprint density at radius 3 is 2.12 bits per heavy atom. The third-order valence-corrected chi connectivity index (χ3v) is 4.51. The summed E-state index contributed by atoms with van der Waals surface area (Å²) in [5.41, 5.74) is 3.58. The van der Waals surface area contributed by atoms with Crippen LogP contribution in [0, 0.1) is 0 Å². The van der Waals surface area contributed by atoms with Gasteiger partial charge in [0.15, 0.2) is 11.6 Å². The SMILES string of the molecule is O=C1c2ccccc2C(=O)c2c1ccc1c2nnn1-c1ccccc1. The van der Waals surface area contributed by atoms with Crippen molar-refractivity contribution >= 4 is 22.6 Å². The van der Waals surface area contributed by atoms with Gasteiger partial charge in [-0.2, -0.15) is 0 Å². The highest BCUT2D eigenvalue weighted by Crippen LogP contribution is 2.32. The molecule has 0 fully saturated rings. The predicted molar refractivity (Wildman–Crippen MR) is 92.2 cm³/mol. The molecular weight excluding hydrogens is 314 g/mol. The fraction of sp³-hybridized carbons (Fsp3) is 0. The van der Waals surface area contributed by atoms with Gasteiger partial charge in [0, 0.05) is 16.7 Å². The van der Waals surface area contributed by atoms with E-state index in [1.165, 1.54) is 0 Å². The van der Waals surface area contributed by atoms with Gasteiger partial charge in [0.25, 0.3) is 0 Å². The molecule has 0 saturated carbocycles. The Hall–Kier alpha value is -3.60. The third-order valence-electron chi connectivity index (χ3n) is 4.51. The van der Waals surface area contributed by atoms with Gasteiger partial charge in [-0.05, 0) is 24.3 Å². The zero-order chi connectivity index (χ0) is 17.0. The summed E-state index contributed by atoms with van der Waals surface area (Å²) in [6, 6.07) is 19.9. The molecule has 0 unspecified atom stereocenters. The van der Waals surface area contributed by atoms with Crippen LogP contribution in [-0.4, -0.2) is 26.6 Å². The second kappa shape index (κ2) is 4.95. The number of carbonyl (C=O) groups excluding carboxylic acids is 2. The van der Waals surface area contributed by atoms with E-state index in [4.69, 9.17) is 0 Å². The summed E-state index contributed by atoms with van der Waals surface area (Å²) in [4.78, 5) is 25.8. The first kappa shape index (κ1) is 13.8. The van der Waals surface area contributed by atoms with Gasteiger partial charge < -0.3 is 0 Å². The first-order valence-electron chi connectivity index (χ1n) is 7.88. The summed E-state index contributed by atoms with van der Waals surface area (Å²) in [5, 5.41) is 8.40. The molecule has 0 aliphatic heterocycles. The number of carbonyl (C=O) groups is 2. The largest absolute Gasteiger partial charge is 0.289 e. The minimum atomic E-state index is -0.184. The molecule has 4 aromatic rings. The van der Waals surface area contributed by atoms with E-state index in [0.717, 1.165) is 5.69 Å². The van der Waals surface area contributed by atoms with Crippen LogP contribution < -0.4 is 0 Å². The fourth-order valence-corrected chi connectivity index (χ4v) is 3.33. The maximum atomic E-state index is 13.0. The first-order chi connectivity index (χ1) is 12.3. The predicted octanol–water partition coefficient (Wildman–Crippen LogP) is 3.20. The van der Waals surface area contributed by atoms with Crippen molar-refractivity contribution in [2.75, 3.05) is 0 Å². The van der Waals surface area contributed by atoms with Gasteiger partial charge in [-0.3, -0.25) is 9.59 Å². The third kappa shape index (κ3) is 1.83. The van der Waals surface area contributed by atoms with Crippen molar-refractivity contribution in [2.45, 2.75) is 0 Å². The number of para-hydroxylation sites is 1.